The van der Waals surface area contributed by atoms with Gasteiger partial charge in [-0.15, -0.1) is 0 Å². The van der Waals surface area contributed by atoms with E-state index in [1.54, 1.807) is 73.7 Å². The summed E-state index contributed by atoms with van der Waals surface area (Å²) in [7, 11) is -2.75. The van der Waals surface area contributed by atoms with E-state index >= 15 is 0 Å². The van der Waals surface area contributed by atoms with Crippen LogP contribution < -0.4 is 14.4 Å². The van der Waals surface area contributed by atoms with Gasteiger partial charge in [0.2, 0.25) is 11.8 Å². The zero-order valence-electron chi connectivity index (χ0n) is 21.8. The Balaban J connectivity index is 2.06. The minimum Gasteiger partial charge on any atom is -0.495 e. The van der Waals surface area contributed by atoms with Crippen LogP contribution in [0.25, 0.3) is 0 Å². The van der Waals surface area contributed by atoms with Crippen molar-refractivity contribution in [2.45, 2.75) is 44.3 Å². The Morgan fingerprint density at radius 3 is 2.24 bits per heavy atom. The molecule has 3 rings (SSSR count). The minimum absolute atomic E-state index is 0.0192. The lowest BCUT2D eigenvalue weighted by atomic mass is 10.1. The van der Waals surface area contributed by atoms with Gasteiger partial charge < -0.3 is 15.0 Å². The molecule has 0 saturated heterocycles. The topological polar surface area (TPSA) is 96.0 Å². The highest BCUT2D eigenvalue weighted by Gasteiger charge is 2.33. The van der Waals surface area contributed by atoms with E-state index < -0.39 is 28.5 Å². The van der Waals surface area contributed by atoms with Gasteiger partial charge in [0.15, 0.2) is 0 Å². The third kappa shape index (κ3) is 7.05. The van der Waals surface area contributed by atoms with Crippen molar-refractivity contribution in [1.82, 2.24) is 10.2 Å². The molecule has 0 aliphatic carbocycles. The predicted molar refractivity (Wildman–Crippen MR) is 149 cm³/mol. The summed E-state index contributed by atoms with van der Waals surface area (Å²) >= 11 is 6.16. The molecule has 0 radical (unpaired) electrons. The molecule has 3 aromatic carbocycles. The molecule has 0 spiro atoms. The molecule has 202 valence electrons. The molecule has 8 nitrogen and oxygen atoms in total. The Hall–Kier alpha value is -3.56. The van der Waals surface area contributed by atoms with Gasteiger partial charge in [-0.2, -0.15) is 0 Å². The summed E-state index contributed by atoms with van der Waals surface area (Å²) in [4.78, 5) is 28.2. The van der Waals surface area contributed by atoms with Crippen molar-refractivity contribution >= 4 is 39.1 Å². The number of methoxy groups -OCH3 is 1. The van der Waals surface area contributed by atoms with Gasteiger partial charge in [-0.05, 0) is 62.7 Å². The van der Waals surface area contributed by atoms with Crippen LogP contribution in [0.3, 0.4) is 0 Å². The number of rotatable bonds is 11. The molecule has 0 bridgehead atoms. The molecule has 10 heteroatoms. The Morgan fingerprint density at radius 2 is 1.61 bits per heavy atom. The monoisotopic (exact) mass is 557 g/mol. The molecule has 1 atom stereocenters. The van der Waals surface area contributed by atoms with Crippen molar-refractivity contribution in [3.8, 4) is 5.75 Å². The number of amides is 2. The summed E-state index contributed by atoms with van der Waals surface area (Å²) in [6.07, 6.45) is 0. The maximum absolute atomic E-state index is 13.9. The first-order chi connectivity index (χ1) is 18.0. The lowest BCUT2D eigenvalue weighted by Gasteiger charge is -2.32. The Morgan fingerprint density at radius 1 is 0.947 bits per heavy atom. The summed E-state index contributed by atoms with van der Waals surface area (Å²) in [6.45, 7) is 4.75. The lowest BCUT2D eigenvalue weighted by Crippen LogP contribution is -2.52. The van der Waals surface area contributed by atoms with Crippen molar-refractivity contribution in [2.75, 3.05) is 18.0 Å². The summed E-state index contributed by atoms with van der Waals surface area (Å²) in [6, 6.07) is 20.3. The van der Waals surface area contributed by atoms with Gasteiger partial charge in [-0.3, -0.25) is 13.9 Å². The van der Waals surface area contributed by atoms with E-state index in [9.17, 15) is 18.0 Å². The number of nitrogens with zero attached hydrogens (tertiary/aromatic N) is 2. The fourth-order valence-corrected chi connectivity index (χ4v) is 5.55. The molecular weight excluding hydrogens is 526 g/mol. The number of halogens is 1. The fraction of sp³-hybridized carbons (Fsp3) is 0.286. The maximum Gasteiger partial charge on any atom is 0.264 e. The van der Waals surface area contributed by atoms with Gasteiger partial charge in [0, 0.05) is 17.6 Å². The van der Waals surface area contributed by atoms with Crippen LogP contribution in [0, 0.1) is 0 Å². The minimum atomic E-state index is -4.18. The van der Waals surface area contributed by atoms with Crippen LogP contribution in [-0.2, 0) is 26.2 Å². The number of ether oxygens (including phenoxy) is 1. The van der Waals surface area contributed by atoms with Crippen molar-refractivity contribution in [3.05, 3.63) is 89.4 Å². The smallest absolute Gasteiger partial charge is 0.264 e. The number of carbonyl (C=O) groups is 2. The number of hydrogen-bond acceptors (Lipinski definition) is 5. The van der Waals surface area contributed by atoms with Crippen molar-refractivity contribution < 1.29 is 22.7 Å². The third-order valence-corrected chi connectivity index (χ3v) is 7.81. The van der Waals surface area contributed by atoms with Crippen LogP contribution in [0.2, 0.25) is 5.02 Å². The zero-order valence-corrected chi connectivity index (χ0v) is 23.4. The number of sulfonamides is 1. The first-order valence-corrected chi connectivity index (χ1v) is 13.9. The summed E-state index contributed by atoms with van der Waals surface area (Å²) in [5.74, 6) is -0.640. The van der Waals surface area contributed by atoms with E-state index in [2.05, 4.69) is 5.32 Å². The van der Waals surface area contributed by atoms with Gasteiger partial charge in [0.05, 0.1) is 17.7 Å². The summed E-state index contributed by atoms with van der Waals surface area (Å²) < 4.78 is 34.1. The fourth-order valence-electron chi connectivity index (χ4n) is 3.89. The highest BCUT2D eigenvalue weighted by molar-refractivity contribution is 7.92. The van der Waals surface area contributed by atoms with Gasteiger partial charge in [-0.25, -0.2) is 8.42 Å². The van der Waals surface area contributed by atoms with E-state index in [1.165, 1.54) is 24.1 Å². The van der Waals surface area contributed by atoms with E-state index in [0.717, 1.165) is 4.31 Å². The first kappa shape index (κ1) is 29.0. The van der Waals surface area contributed by atoms with Crippen LogP contribution >= 0.6 is 11.6 Å². The molecule has 0 aliphatic rings. The largest absolute Gasteiger partial charge is 0.495 e. The Kier molecular flexibility index (Phi) is 9.77. The maximum atomic E-state index is 13.9. The average Bonchev–Trinajstić information content (AvgIpc) is 2.90. The molecule has 1 N–H and O–H groups in total. The van der Waals surface area contributed by atoms with E-state index in [4.69, 9.17) is 16.3 Å². The summed E-state index contributed by atoms with van der Waals surface area (Å²) in [5.41, 5.74) is 0.902. The quantitative estimate of drug-likeness (QED) is 0.375. The molecule has 0 heterocycles. The van der Waals surface area contributed by atoms with Crippen LogP contribution in [0.4, 0.5) is 5.69 Å². The number of benzene rings is 3. The van der Waals surface area contributed by atoms with Crippen molar-refractivity contribution in [2.24, 2.45) is 0 Å². The number of hydrogen-bond donors (Lipinski definition) is 1. The highest BCUT2D eigenvalue weighted by atomic mass is 35.5. The third-order valence-electron chi connectivity index (χ3n) is 5.80. The van der Waals surface area contributed by atoms with Crippen LogP contribution in [0.1, 0.15) is 26.3 Å². The molecule has 0 aromatic heterocycles. The second kappa shape index (κ2) is 12.8. The van der Waals surface area contributed by atoms with E-state index in [-0.39, 0.29) is 34.8 Å². The Labute approximate surface area is 229 Å². The van der Waals surface area contributed by atoms with Crippen molar-refractivity contribution in [3.63, 3.8) is 0 Å². The number of nitrogens with one attached hydrogen (secondary N) is 1. The predicted octanol–water partition coefficient (Wildman–Crippen LogP) is 4.49. The molecule has 1 unspecified atom stereocenters. The second-order valence-corrected chi connectivity index (χ2v) is 11.3. The van der Waals surface area contributed by atoms with E-state index in [0.29, 0.717) is 10.6 Å². The first-order valence-electron chi connectivity index (χ1n) is 12.1. The second-order valence-electron chi connectivity index (χ2n) is 8.99. The number of para-hydroxylation sites is 2. The van der Waals surface area contributed by atoms with Gasteiger partial charge >= 0.3 is 0 Å². The molecular formula is C28H32ClN3O5S. The highest BCUT2D eigenvalue weighted by Crippen LogP contribution is 2.32. The molecule has 2 amide bonds. The van der Waals surface area contributed by atoms with Crippen LogP contribution in [-0.4, -0.2) is 50.9 Å². The summed E-state index contributed by atoms with van der Waals surface area (Å²) in [5, 5.41) is 3.31. The number of anilines is 1. The SMILES string of the molecule is COc1ccccc1N(CC(=O)N(Cc1cccc(Cl)c1)C(C)C(=O)NC(C)C)S(=O)(=O)c1ccccc1. The van der Waals surface area contributed by atoms with Gasteiger partial charge in [-0.1, -0.05) is 54.1 Å². The van der Waals surface area contributed by atoms with Crippen molar-refractivity contribution in [1.29, 1.82) is 0 Å². The lowest BCUT2D eigenvalue weighted by molar-refractivity contribution is -0.139. The molecule has 0 fully saturated rings. The van der Waals surface area contributed by atoms with Gasteiger partial charge in [0.1, 0.15) is 18.3 Å². The normalized spacial score (nSPS) is 12.1. The van der Waals surface area contributed by atoms with Crippen LogP contribution in [0.15, 0.2) is 83.8 Å². The molecule has 0 aliphatic heterocycles. The molecule has 38 heavy (non-hydrogen) atoms. The average molecular weight is 558 g/mol. The van der Waals surface area contributed by atoms with E-state index in [1.807, 2.05) is 13.8 Å². The Bertz CT molecular complexity index is 1370. The number of carbonyl (C=O) groups excluding carboxylic acids is 2. The zero-order chi connectivity index (χ0) is 27.9. The van der Waals surface area contributed by atoms with Gasteiger partial charge in [0.25, 0.3) is 10.0 Å². The molecule has 0 saturated carbocycles. The van der Waals surface area contributed by atoms with Crippen LogP contribution in [0.5, 0.6) is 5.75 Å². The standard InChI is InChI=1S/C28H32ClN3O5S/c1-20(2)30-28(34)21(3)31(18-22-11-10-12-23(29)17-22)27(33)19-32(25-15-8-9-16-26(25)37-4)38(35,36)24-13-6-5-7-14-24/h5-17,20-21H,18-19H2,1-4H3,(H,30,34). The molecule has 3 aromatic rings.